The summed E-state index contributed by atoms with van der Waals surface area (Å²) in [5, 5.41) is 3.11. The van der Waals surface area contributed by atoms with Crippen LogP contribution >= 0.6 is 0 Å². The van der Waals surface area contributed by atoms with Gasteiger partial charge in [-0.25, -0.2) is 4.39 Å². The number of nitrogens with one attached hydrogen (secondary N) is 1. The van der Waals surface area contributed by atoms with E-state index in [0.717, 1.165) is 36.9 Å². The molecule has 2 aromatic rings. The first-order valence-corrected chi connectivity index (χ1v) is 7.65. The molecule has 1 aromatic heterocycles. The zero-order valence-corrected chi connectivity index (χ0v) is 12.4. The van der Waals surface area contributed by atoms with Crippen LogP contribution in [0.1, 0.15) is 36.9 Å². The fraction of sp³-hybridized carbons (Fsp3) is 0.333. The molecular weight excluding hydrogens is 279 g/mol. The van der Waals surface area contributed by atoms with Crippen molar-refractivity contribution in [3.05, 3.63) is 65.7 Å². The zero-order chi connectivity index (χ0) is 15.4. The molecule has 22 heavy (non-hydrogen) atoms. The summed E-state index contributed by atoms with van der Waals surface area (Å²) in [5.41, 5.74) is 1.73. The van der Waals surface area contributed by atoms with Crippen molar-refractivity contribution in [1.29, 1.82) is 0 Å². The number of nitrogens with zero attached hydrogens (tertiary/aromatic N) is 1. The van der Waals surface area contributed by atoms with Crippen molar-refractivity contribution in [3.8, 4) is 0 Å². The Morgan fingerprint density at radius 1 is 1.18 bits per heavy atom. The summed E-state index contributed by atoms with van der Waals surface area (Å²) in [7, 11) is 0. The van der Waals surface area contributed by atoms with Gasteiger partial charge in [0.1, 0.15) is 5.82 Å². The van der Waals surface area contributed by atoms with Gasteiger partial charge in [0.2, 0.25) is 5.91 Å². The molecule has 0 bridgehead atoms. The van der Waals surface area contributed by atoms with Crippen LogP contribution in [-0.4, -0.2) is 10.9 Å². The number of hydrogen-bond acceptors (Lipinski definition) is 2. The summed E-state index contributed by atoms with van der Waals surface area (Å²) in [6, 6.07) is 12.2. The van der Waals surface area contributed by atoms with Gasteiger partial charge in [0.15, 0.2) is 0 Å². The lowest BCUT2D eigenvalue weighted by atomic mass is 10.0. The van der Waals surface area contributed by atoms with Gasteiger partial charge in [0, 0.05) is 18.3 Å². The van der Waals surface area contributed by atoms with E-state index in [9.17, 15) is 9.18 Å². The van der Waals surface area contributed by atoms with Crippen LogP contribution in [0.3, 0.4) is 0 Å². The summed E-state index contributed by atoms with van der Waals surface area (Å²) in [6.45, 7) is 0. The van der Waals surface area contributed by atoms with E-state index in [4.69, 9.17) is 0 Å². The number of carbonyl (C=O) groups excluding carboxylic acids is 1. The predicted octanol–water partition coefficient (Wildman–Crippen LogP) is 3.35. The lowest BCUT2D eigenvalue weighted by molar-refractivity contribution is -0.122. The molecule has 1 fully saturated rings. The third kappa shape index (κ3) is 3.50. The van der Waals surface area contributed by atoms with Gasteiger partial charge in [-0.15, -0.1) is 0 Å². The zero-order valence-electron chi connectivity index (χ0n) is 12.4. The topological polar surface area (TPSA) is 42.0 Å². The largest absolute Gasteiger partial charge is 0.347 e. The number of carbonyl (C=O) groups is 1. The number of benzene rings is 1. The molecule has 114 valence electrons. The molecule has 0 unspecified atom stereocenters. The molecule has 1 amide bonds. The van der Waals surface area contributed by atoms with Crippen molar-refractivity contribution >= 4 is 5.91 Å². The minimum atomic E-state index is -0.268. The third-order valence-corrected chi connectivity index (χ3v) is 4.09. The lowest BCUT2D eigenvalue weighted by Gasteiger charge is -2.18. The Balaban J connectivity index is 1.50. The quantitative estimate of drug-likeness (QED) is 0.888. The lowest BCUT2D eigenvalue weighted by Crippen LogP contribution is -2.34. The van der Waals surface area contributed by atoms with Gasteiger partial charge in [-0.05, 0) is 55.5 Å². The van der Waals surface area contributed by atoms with Crippen molar-refractivity contribution < 1.29 is 9.18 Å². The molecule has 4 heteroatoms. The Morgan fingerprint density at radius 2 is 1.95 bits per heavy atom. The van der Waals surface area contributed by atoms with Crippen LogP contribution in [0.25, 0.3) is 0 Å². The van der Waals surface area contributed by atoms with E-state index >= 15 is 0 Å². The van der Waals surface area contributed by atoms with Crippen LogP contribution in [0.15, 0.2) is 48.7 Å². The molecule has 1 N–H and O–H groups in total. The third-order valence-electron chi connectivity index (χ3n) is 4.09. The number of pyridine rings is 1. The van der Waals surface area contributed by atoms with Crippen molar-refractivity contribution in [2.45, 2.75) is 37.6 Å². The van der Waals surface area contributed by atoms with Gasteiger partial charge < -0.3 is 5.32 Å². The Hall–Kier alpha value is -2.23. The van der Waals surface area contributed by atoms with Crippen LogP contribution in [-0.2, 0) is 16.8 Å². The van der Waals surface area contributed by atoms with Crippen molar-refractivity contribution in [2.24, 2.45) is 0 Å². The monoisotopic (exact) mass is 298 g/mol. The number of halogens is 1. The van der Waals surface area contributed by atoms with Gasteiger partial charge in [-0.3, -0.25) is 9.78 Å². The highest BCUT2D eigenvalue weighted by atomic mass is 19.1. The number of hydrogen-bond donors (Lipinski definition) is 1. The minimum Gasteiger partial charge on any atom is -0.347 e. The second-order valence-electron chi connectivity index (χ2n) is 5.81. The predicted molar refractivity (Wildman–Crippen MR) is 82.6 cm³/mol. The molecule has 0 saturated heterocycles. The summed E-state index contributed by atoms with van der Waals surface area (Å²) in [6.07, 6.45) is 5.68. The average Bonchev–Trinajstić information content (AvgIpc) is 3.29. The van der Waals surface area contributed by atoms with E-state index in [0.29, 0.717) is 6.42 Å². The second-order valence-corrected chi connectivity index (χ2v) is 5.81. The van der Waals surface area contributed by atoms with Crippen LogP contribution in [0.5, 0.6) is 0 Å². The summed E-state index contributed by atoms with van der Waals surface area (Å²) in [5.74, 6) is -0.195. The van der Waals surface area contributed by atoms with E-state index < -0.39 is 0 Å². The van der Waals surface area contributed by atoms with E-state index in [1.54, 1.807) is 18.3 Å². The molecule has 1 aromatic carbocycles. The molecule has 1 aliphatic rings. The highest BCUT2D eigenvalue weighted by molar-refractivity contribution is 5.77. The van der Waals surface area contributed by atoms with Gasteiger partial charge in [0.25, 0.3) is 0 Å². The van der Waals surface area contributed by atoms with E-state index in [1.807, 2.05) is 18.2 Å². The second kappa shape index (κ2) is 6.26. The molecular formula is C18H19FN2O. The molecule has 0 radical (unpaired) electrons. The summed E-state index contributed by atoms with van der Waals surface area (Å²) in [4.78, 5) is 16.4. The van der Waals surface area contributed by atoms with Crippen LogP contribution in [0, 0.1) is 5.82 Å². The van der Waals surface area contributed by atoms with Crippen LogP contribution in [0.2, 0.25) is 0 Å². The van der Waals surface area contributed by atoms with E-state index in [2.05, 4.69) is 10.3 Å². The maximum atomic E-state index is 13.0. The molecule has 0 aliphatic heterocycles. The Bertz CT molecular complexity index is 636. The average molecular weight is 298 g/mol. The van der Waals surface area contributed by atoms with E-state index in [-0.39, 0.29) is 17.3 Å². The van der Waals surface area contributed by atoms with Crippen molar-refractivity contribution in [3.63, 3.8) is 0 Å². The molecule has 1 saturated carbocycles. The molecule has 1 aliphatic carbocycles. The number of amides is 1. The molecule has 0 spiro atoms. The fourth-order valence-corrected chi connectivity index (χ4v) is 2.69. The molecule has 3 nitrogen and oxygen atoms in total. The van der Waals surface area contributed by atoms with Gasteiger partial charge >= 0.3 is 0 Å². The first kappa shape index (κ1) is 14.7. The summed E-state index contributed by atoms with van der Waals surface area (Å²) >= 11 is 0. The van der Waals surface area contributed by atoms with Crippen molar-refractivity contribution in [2.75, 3.05) is 0 Å². The Labute approximate surface area is 129 Å². The normalized spacial score (nSPS) is 15.3. The van der Waals surface area contributed by atoms with Gasteiger partial charge in [-0.1, -0.05) is 18.2 Å². The Morgan fingerprint density at radius 3 is 2.59 bits per heavy atom. The first-order chi connectivity index (χ1) is 10.7. The first-order valence-electron chi connectivity index (χ1n) is 7.65. The number of rotatable bonds is 6. The van der Waals surface area contributed by atoms with E-state index in [1.165, 1.54) is 12.1 Å². The number of aryl methyl sites for hydroxylation is 1. The highest BCUT2D eigenvalue weighted by Gasteiger charge is 2.45. The highest BCUT2D eigenvalue weighted by Crippen LogP contribution is 2.45. The summed E-state index contributed by atoms with van der Waals surface area (Å²) < 4.78 is 13.0. The smallest absolute Gasteiger partial charge is 0.220 e. The van der Waals surface area contributed by atoms with Crippen LogP contribution < -0.4 is 5.32 Å². The van der Waals surface area contributed by atoms with Crippen molar-refractivity contribution in [1.82, 2.24) is 10.3 Å². The molecule has 3 rings (SSSR count). The fourth-order valence-electron chi connectivity index (χ4n) is 2.69. The van der Waals surface area contributed by atoms with Gasteiger partial charge in [0.05, 0.1) is 5.54 Å². The molecule has 0 atom stereocenters. The maximum absolute atomic E-state index is 13.0. The Kier molecular flexibility index (Phi) is 4.18. The maximum Gasteiger partial charge on any atom is 0.220 e. The van der Waals surface area contributed by atoms with Crippen LogP contribution in [0.4, 0.5) is 4.39 Å². The SMILES string of the molecule is O=C(CCCc1ccccn1)NC1(c2ccc(F)cc2)CC1. The molecule has 1 heterocycles. The van der Waals surface area contributed by atoms with Gasteiger partial charge in [-0.2, -0.15) is 0 Å². The number of aromatic nitrogens is 1. The standard InChI is InChI=1S/C18H19FN2O/c19-15-9-7-14(8-10-15)18(11-12-18)21-17(22)6-3-5-16-4-1-2-13-20-16/h1-2,4,7-10,13H,3,5-6,11-12H2,(H,21,22). The minimum absolute atomic E-state index is 0.0535.